The number of hydrogen-bond acceptors (Lipinski definition) is 1. The standard InChI is InChI=1S/C7H13N.3C2H6/c1-5(2)6(3)7(4)8;3*1-2/h4,8H2,1-3H3;3*1-2H3. The first-order valence-corrected chi connectivity index (χ1v) is 5.64. The van der Waals surface area contributed by atoms with Crippen LogP contribution in [-0.2, 0) is 0 Å². The Morgan fingerprint density at radius 1 is 0.786 bits per heavy atom. The fourth-order valence-corrected chi connectivity index (χ4v) is 0.321. The normalized spacial score (nSPS) is 6.07. The van der Waals surface area contributed by atoms with Crippen molar-refractivity contribution in [3.05, 3.63) is 23.4 Å². The summed E-state index contributed by atoms with van der Waals surface area (Å²) >= 11 is 0. The Hall–Kier alpha value is -0.720. The van der Waals surface area contributed by atoms with Crippen molar-refractivity contribution >= 4 is 0 Å². The highest BCUT2D eigenvalue weighted by Crippen LogP contribution is 2.05. The molecule has 0 heterocycles. The van der Waals surface area contributed by atoms with Gasteiger partial charge in [-0.3, -0.25) is 0 Å². The Morgan fingerprint density at radius 3 is 1.00 bits per heavy atom. The molecule has 0 fully saturated rings. The van der Waals surface area contributed by atoms with Crippen LogP contribution in [0.3, 0.4) is 0 Å². The van der Waals surface area contributed by atoms with E-state index in [4.69, 9.17) is 5.73 Å². The van der Waals surface area contributed by atoms with Crippen molar-refractivity contribution in [1.82, 2.24) is 0 Å². The zero-order valence-electron chi connectivity index (χ0n) is 11.8. The van der Waals surface area contributed by atoms with Crippen LogP contribution in [-0.4, -0.2) is 0 Å². The van der Waals surface area contributed by atoms with E-state index in [9.17, 15) is 0 Å². The van der Waals surface area contributed by atoms with E-state index in [2.05, 4.69) is 6.58 Å². The van der Waals surface area contributed by atoms with Crippen molar-refractivity contribution in [2.75, 3.05) is 0 Å². The summed E-state index contributed by atoms with van der Waals surface area (Å²) in [4.78, 5) is 0. The first-order valence-electron chi connectivity index (χ1n) is 5.64. The average molecular weight is 201 g/mol. The minimum atomic E-state index is 0.671. The maximum atomic E-state index is 5.38. The molecule has 14 heavy (non-hydrogen) atoms. The molecule has 88 valence electrons. The lowest BCUT2D eigenvalue weighted by Gasteiger charge is -1.99. The second-order valence-electron chi connectivity index (χ2n) is 2.15. The second-order valence-corrected chi connectivity index (χ2v) is 2.15. The summed E-state index contributed by atoms with van der Waals surface area (Å²) in [5, 5.41) is 0. The molecule has 0 aliphatic rings. The van der Waals surface area contributed by atoms with Gasteiger partial charge < -0.3 is 5.73 Å². The molecule has 2 N–H and O–H groups in total. The highest BCUT2D eigenvalue weighted by Gasteiger charge is 1.89. The highest BCUT2D eigenvalue weighted by molar-refractivity contribution is 5.26. The lowest BCUT2D eigenvalue weighted by Crippen LogP contribution is -1.96. The van der Waals surface area contributed by atoms with E-state index in [1.807, 2.05) is 62.3 Å². The van der Waals surface area contributed by atoms with Crippen LogP contribution in [0.15, 0.2) is 23.4 Å². The van der Waals surface area contributed by atoms with Crippen LogP contribution >= 0.6 is 0 Å². The molecule has 0 aromatic carbocycles. The van der Waals surface area contributed by atoms with Crippen LogP contribution < -0.4 is 5.73 Å². The van der Waals surface area contributed by atoms with E-state index in [0.29, 0.717) is 5.70 Å². The van der Waals surface area contributed by atoms with E-state index in [-0.39, 0.29) is 0 Å². The van der Waals surface area contributed by atoms with Crippen LogP contribution in [0.25, 0.3) is 0 Å². The Balaban J connectivity index is -0.0000000708. The zero-order chi connectivity index (χ0) is 12.7. The first-order chi connectivity index (χ1) is 6.55. The molecule has 1 heteroatoms. The molecule has 0 saturated heterocycles. The van der Waals surface area contributed by atoms with Gasteiger partial charge in [-0.25, -0.2) is 0 Å². The molecule has 0 aromatic rings. The summed E-state index contributed by atoms with van der Waals surface area (Å²) in [6.45, 7) is 21.6. The molecule has 0 spiro atoms. The summed E-state index contributed by atoms with van der Waals surface area (Å²) in [5.74, 6) is 0. The molecule has 0 unspecified atom stereocenters. The van der Waals surface area contributed by atoms with Gasteiger partial charge in [0.05, 0.1) is 0 Å². The molecule has 0 atom stereocenters. The molecule has 0 rings (SSSR count). The monoisotopic (exact) mass is 201 g/mol. The topological polar surface area (TPSA) is 26.0 Å². The van der Waals surface area contributed by atoms with Crippen LogP contribution in [0.5, 0.6) is 0 Å². The Labute approximate surface area is 92.1 Å². The smallest absolute Gasteiger partial charge is 0.0269 e. The average Bonchev–Trinajstić information content (AvgIpc) is 2.25. The second kappa shape index (κ2) is 22.8. The van der Waals surface area contributed by atoms with Crippen molar-refractivity contribution in [2.24, 2.45) is 5.73 Å². The highest BCUT2D eigenvalue weighted by atomic mass is 14.6. The third-order valence-electron chi connectivity index (χ3n) is 1.23. The van der Waals surface area contributed by atoms with Crippen molar-refractivity contribution < 1.29 is 0 Å². The Kier molecular flexibility index (Phi) is 37.9. The molecule has 0 aliphatic heterocycles. The van der Waals surface area contributed by atoms with Gasteiger partial charge in [-0.1, -0.05) is 53.7 Å². The quantitative estimate of drug-likeness (QED) is 0.600. The molecular formula is C13H31N. The molecule has 0 amide bonds. The van der Waals surface area contributed by atoms with Crippen molar-refractivity contribution in [1.29, 1.82) is 0 Å². The minimum absolute atomic E-state index is 0.671. The van der Waals surface area contributed by atoms with E-state index in [1.54, 1.807) is 0 Å². The Bertz CT molecular complexity index is 128. The van der Waals surface area contributed by atoms with Crippen LogP contribution in [0.4, 0.5) is 0 Å². The fraction of sp³-hybridized carbons (Fsp3) is 0.692. The molecule has 1 nitrogen and oxygen atoms in total. The van der Waals surface area contributed by atoms with Gasteiger partial charge in [-0.2, -0.15) is 0 Å². The predicted octanol–water partition coefficient (Wildman–Crippen LogP) is 4.89. The van der Waals surface area contributed by atoms with E-state index >= 15 is 0 Å². The summed E-state index contributed by atoms with van der Waals surface area (Å²) in [7, 11) is 0. The molecule has 0 bridgehead atoms. The summed E-state index contributed by atoms with van der Waals surface area (Å²) < 4.78 is 0. The maximum Gasteiger partial charge on any atom is 0.0269 e. The zero-order valence-corrected chi connectivity index (χ0v) is 11.8. The number of hydrogen-bond donors (Lipinski definition) is 1. The van der Waals surface area contributed by atoms with Crippen LogP contribution in [0.1, 0.15) is 62.3 Å². The molecule has 0 aromatic heterocycles. The van der Waals surface area contributed by atoms with Gasteiger partial charge in [0.2, 0.25) is 0 Å². The van der Waals surface area contributed by atoms with Gasteiger partial charge in [0.1, 0.15) is 0 Å². The predicted molar refractivity (Wildman–Crippen MR) is 71.4 cm³/mol. The van der Waals surface area contributed by atoms with E-state index < -0.39 is 0 Å². The van der Waals surface area contributed by atoms with E-state index in [0.717, 1.165) is 5.57 Å². The van der Waals surface area contributed by atoms with Gasteiger partial charge in [0.15, 0.2) is 0 Å². The van der Waals surface area contributed by atoms with Crippen LogP contribution in [0.2, 0.25) is 0 Å². The minimum Gasteiger partial charge on any atom is -0.399 e. The third kappa shape index (κ3) is 22.5. The van der Waals surface area contributed by atoms with Gasteiger partial charge in [-0.15, -0.1) is 0 Å². The SMILES string of the molecule is C=C(N)C(C)=C(C)C.CC.CC.CC. The largest absolute Gasteiger partial charge is 0.399 e. The number of rotatable bonds is 1. The molecule has 0 saturated carbocycles. The van der Waals surface area contributed by atoms with Crippen molar-refractivity contribution in [2.45, 2.75) is 62.3 Å². The number of nitrogens with two attached hydrogens (primary N) is 1. The summed E-state index contributed by atoms with van der Waals surface area (Å²) in [6.07, 6.45) is 0. The van der Waals surface area contributed by atoms with Gasteiger partial charge in [-0.05, 0) is 26.3 Å². The third-order valence-corrected chi connectivity index (χ3v) is 1.23. The fourth-order valence-electron chi connectivity index (χ4n) is 0.321. The lowest BCUT2D eigenvalue weighted by atomic mass is 10.1. The summed E-state index contributed by atoms with van der Waals surface area (Å²) in [5.41, 5.74) is 8.39. The summed E-state index contributed by atoms with van der Waals surface area (Å²) in [6, 6.07) is 0. The van der Waals surface area contributed by atoms with Crippen molar-refractivity contribution in [3.8, 4) is 0 Å². The van der Waals surface area contributed by atoms with Crippen molar-refractivity contribution in [3.63, 3.8) is 0 Å². The Morgan fingerprint density at radius 2 is 1.00 bits per heavy atom. The number of allylic oxidation sites excluding steroid dienone is 2. The maximum absolute atomic E-state index is 5.38. The van der Waals surface area contributed by atoms with Gasteiger partial charge in [0.25, 0.3) is 0 Å². The molecular weight excluding hydrogens is 170 g/mol. The molecule has 0 aliphatic carbocycles. The van der Waals surface area contributed by atoms with Crippen LogP contribution in [0, 0.1) is 0 Å². The lowest BCUT2D eigenvalue weighted by molar-refractivity contribution is 1.21. The van der Waals surface area contributed by atoms with E-state index in [1.165, 1.54) is 5.57 Å². The van der Waals surface area contributed by atoms with Gasteiger partial charge >= 0.3 is 0 Å². The molecule has 0 radical (unpaired) electrons. The first kappa shape index (κ1) is 23.3. The van der Waals surface area contributed by atoms with Gasteiger partial charge in [0, 0.05) is 5.70 Å².